The van der Waals surface area contributed by atoms with Gasteiger partial charge in [0.15, 0.2) is 0 Å². The second kappa shape index (κ2) is 6.27. The molecule has 0 aromatic heterocycles. The van der Waals surface area contributed by atoms with E-state index in [1.165, 1.54) is 18.4 Å². The van der Waals surface area contributed by atoms with Gasteiger partial charge >= 0.3 is 0 Å². The molecule has 0 aliphatic carbocycles. The molecule has 1 saturated heterocycles. The largest absolute Gasteiger partial charge is 0.495 e. The van der Waals surface area contributed by atoms with Crippen molar-refractivity contribution in [3.05, 3.63) is 23.8 Å². The lowest BCUT2D eigenvalue weighted by Crippen LogP contribution is -2.42. The zero-order valence-electron chi connectivity index (χ0n) is 14.4. The highest BCUT2D eigenvalue weighted by Crippen LogP contribution is 2.33. The van der Waals surface area contributed by atoms with Crippen LogP contribution in [0.3, 0.4) is 0 Å². The molecule has 2 atom stereocenters. The fourth-order valence-electron chi connectivity index (χ4n) is 2.93. The molecule has 0 saturated carbocycles. The Hall–Kier alpha value is -1.22. The molecule has 0 spiro atoms. The molecule has 21 heavy (non-hydrogen) atoms. The minimum absolute atomic E-state index is 0.156. The third kappa shape index (κ3) is 3.91. The van der Waals surface area contributed by atoms with Crippen LogP contribution in [0.15, 0.2) is 18.2 Å². The third-order valence-electron chi connectivity index (χ3n) is 4.63. The van der Waals surface area contributed by atoms with E-state index in [9.17, 15) is 0 Å². The van der Waals surface area contributed by atoms with Crippen LogP contribution in [0.4, 0.5) is 5.69 Å². The van der Waals surface area contributed by atoms with Crippen LogP contribution in [0.1, 0.15) is 46.1 Å². The molecule has 1 aromatic rings. The van der Waals surface area contributed by atoms with Gasteiger partial charge in [-0.2, -0.15) is 0 Å². The number of methoxy groups -OCH3 is 1. The Bertz CT molecular complexity index is 479. The molecule has 1 heterocycles. The van der Waals surface area contributed by atoms with Crippen molar-refractivity contribution in [3.63, 3.8) is 0 Å². The molecule has 118 valence electrons. The van der Waals surface area contributed by atoms with Crippen LogP contribution < -0.4 is 10.1 Å². The number of hydrogen-bond acceptors (Lipinski definition) is 3. The van der Waals surface area contributed by atoms with E-state index in [0.29, 0.717) is 12.1 Å². The van der Waals surface area contributed by atoms with Crippen molar-refractivity contribution in [2.24, 2.45) is 0 Å². The third-order valence-corrected chi connectivity index (χ3v) is 4.63. The van der Waals surface area contributed by atoms with Gasteiger partial charge in [-0.25, -0.2) is 0 Å². The zero-order chi connectivity index (χ0) is 15.6. The molecule has 1 fully saturated rings. The van der Waals surface area contributed by atoms with Crippen molar-refractivity contribution in [1.29, 1.82) is 0 Å². The maximum atomic E-state index is 5.53. The number of piperidine rings is 1. The summed E-state index contributed by atoms with van der Waals surface area (Å²) in [5, 5.41) is 3.71. The van der Waals surface area contributed by atoms with Crippen LogP contribution in [0.5, 0.6) is 5.75 Å². The number of ether oxygens (including phenoxy) is 1. The summed E-state index contributed by atoms with van der Waals surface area (Å²) in [6, 6.07) is 7.66. The Morgan fingerprint density at radius 1 is 1.29 bits per heavy atom. The summed E-state index contributed by atoms with van der Waals surface area (Å²) in [6.45, 7) is 10.2. The first-order chi connectivity index (χ1) is 9.81. The minimum Gasteiger partial charge on any atom is -0.495 e. The maximum Gasteiger partial charge on any atom is 0.141 e. The summed E-state index contributed by atoms with van der Waals surface area (Å²) in [6.07, 6.45) is 2.36. The van der Waals surface area contributed by atoms with Crippen molar-refractivity contribution < 1.29 is 4.74 Å². The Morgan fingerprint density at radius 3 is 2.57 bits per heavy atom. The molecule has 0 amide bonds. The van der Waals surface area contributed by atoms with E-state index in [-0.39, 0.29) is 5.41 Å². The summed E-state index contributed by atoms with van der Waals surface area (Å²) < 4.78 is 5.53. The van der Waals surface area contributed by atoms with Gasteiger partial charge in [0.2, 0.25) is 0 Å². The lowest BCUT2D eigenvalue weighted by molar-refractivity contribution is 0.190. The maximum absolute atomic E-state index is 5.53. The van der Waals surface area contributed by atoms with Crippen LogP contribution in [0.2, 0.25) is 0 Å². The Morgan fingerprint density at radius 2 is 2.00 bits per heavy atom. The van der Waals surface area contributed by atoms with Gasteiger partial charge in [0.1, 0.15) is 5.75 Å². The van der Waals surface area contributed by atoms with E-state index in [1.54, 1.807) is 7.11 Å². The highest BCUT2D eigenvalue weighted by Gasteiger charge is 2.24. The molecule has 3 heteroatoms. The molecule has 0 bridgehead atoms. The smallest absolute Gasteiger partial charge is 0.141 e. The number of hydrogen-bond donors (Lipinski definition) is 1. The quantitative estimate of drug-likeness (QED) is 0.914. The van der Waals surface area contributed by atoms with Gasteiger partial charge in [-0.1, -0.05) is 26.8 Å². The topological polar surface area (TPSA) is 24.5 Å². The van der Waals surface area contributed by atoms with Crippen LogP contribution in [0.25, 0.3) is 0 Å². The molecule has 3 nitrogen and oxygen atoms in total. The number of nitrogens with one attached hydrogen (secondary N) is 1. The second-order valence-electron chi connectivity index (χ2n) is 7.36. The van der Waals surface area contributed by atoms with Gasteiger partial charge in [0.25, 0.3) is 0 Å². The molecule has 1 N–H and O–H groups in total. The Labute approximate surface area is 129 Å². The average molecular weight is 290 g/mol. The van der Waals surface area contributed by atoms with Gasteiger partial charge < -0.3 is 15.0 Å². The first kappa shape index (κ1) is 16.2. The molecule has 1 aliphatic rings. The summed E-state index contributed by atoms with van der Waals surface area (Å²) in [4.78, 5) is 2.43. The van der Waals surface area contributed by atoms with Crippen LogP contribution >= 0.6 is 0 Å². The Kier molecular flexibility index (Phi) is 4.82. The summed E-state index contributed by atoms with van der Waals surface area (Å²) in [5.41, 5.74) is 2.63. The number of nitrogens with zero attached hydrogens (tertiary/aromatic N) is 1. The molecule has 0 radical (unpaired) electrons. The van der Waals surface area contributed by atoms with Gasteiger partial charge in [-0.05, 0) is 49.9 Å². The lowest BCUT2D eigenvalue weighted by atomic mass is 9.86. The van der Waals surface area contributed by atoms with E-state index in [0.717, 1.165) is 18.0 Å². The monoisotopic (exact) mass is 290 g/mol. The lowest BCUT2D eigenvalue weighted by Gasteiger charge is -2.36. The van der Waals surface area contributed by atoms with Gasteiger partial charge in [0.05, 0.1) is 12.8 Å². The van der Waals surface area contributed by atoms with Crippen molar-refractivity contribution in [2.75, 3.05) is 26.0 Å². The van der Waals surface area contributed by atoms with Crippen molar-refractivity contribution in [3.8, 4) is 5.75 Å². The van der Waals surface area contributed by atoms with Gasteiger partial charge in [0, 0.05) is 18.6 Å². The fourth-order valence-corrected chi connectivity index (χ4v) is 2.93. The number of rotatable bonds is 3. The van der Waals surface area contributed by atoms with Crippen molar-refractivity contribution in [2.45, 2.75) is 58.0 Å². The molecule has 2 rings (SSSR count). The van der Waals surface area contributed by atoms with E-state index in [2.05, 4.69) is 63.2 Å². The van der Waals surface area contributed by atoms with Crippen LogP contribution in [-0.2, 0) is 5.41 Å². The fraction of sp³-hybridized carbons (Fsp3) is 0.667. The van der Waals surface area contributed by atoms with E-state index < -0.39 is 0 Å². The number of likely N-dealkylation sites (tertiary alicyclic amines) is 1. The Balaban J connectivity index is 2.18. The van der Waals surface area contributed by atoms with Gasteiger partial charge in [-0.15, -0.1) is 0 Å². The molecule has 1 aliphatic heterocycles. The van der Waals surface area contributed by atoms with E-state index >= 15 is 0 Å². The SMILES string of the molecule is COc1ccc(C(C)(C)C)cc1NC1CCN(C)C(C)C1. The summed E-state index contributed by atoms with van der Waals surface area (Å²) in [7, 11) is 3.95. The highest BCUT2D eigenvalue weighted by atomic mass is 16.5. The summed E-state index contributed by atoms with van der Waals surface area (Å²) >= 11 is 0. The normalized spacial score (nSPS) is 23.9. The highest BCUT2D eigenvalue weighted by molar-refractivity contribution is 5.59. The molecule has 2 unspecified atom stereocenters. The van der Waals surface area contributed by atoms with Crippen LogP contribution in [0, 0.1) is 0 Å². The average Bonchev–Trinajstić information content (AvgIpc) is 2.42. The van der Waals surface area contributed by atoms with Crippen molar-refractivity contribution >= 4 is 5.69 Å². The van der Waals surface area contributed by atoms with Gasteiger partial charge in [-0.3, -0.25) is 0 Å². The molecular weight excluding hydrogens is 260 g/mol. The first-order valence-electron chi connectivity index (χ1n) is 7.96. The number of benzene rings is 1. The van der Waals surface area contributed by atoms with Crippen molar-refractivity contribution in [1.82, 2.24) is 4.90 Å². The predicted molar refractivity (Wildman–Crippen MR) is 90.4 cm³/mol. The summed E-state index contributed by atoms with van der Waals surface area (Å²) in [5.74, 6) is 0.939. The minimum atomic E-state index is 0.156. The standard InChI is InChI=1S/C18H30N2O/c1-13-11-15(9-10-20(13)5)19-16-12-14(18(2,3)4)7-8-17(16)21-6/h7-8,12-13,15,19H,9-11H2,1-6H3. The molecule has 1 aromatic carbocycles. The molecular formula is C18H30N2O. The van der Waals surface area contributed by atoms with E-state index in [1.807, 2.05) is 0 Å². The van der Waals surface area contributed by atoms with E-state index in [4.69, 9.17) is 4.74 Å². The number of anilines is 1. The van der Waals surface area contributed by atoms with Crippen LogP contribution in [-0.4, -0.2) is 37.7 Å². The first-order valence-corrected chi connectivity index (χ1v) is 7.96. The zero-order valence-corrected chi connectivity index (χ0v) is 14.4. The predicted octanol–water partition coefficient (Wildman–Crippen LogP) is 3.89. The second-order valence-corrected chi connectivity index (χ2v) is 7.36.